The summed E-state index contributed by atoms with van der Waals surface area (Å²) in [4.78, 5) is 6.07. The maximum atomic E-state index is 3.60. The van der Waals surface area contributed by atoms with Crippen LogP contribution in [0.15, 0.2) is 237 Å². The summed E-state index contributed by atoms with van der Waals surface area (Å²) < 4.78 is 0. The molecule has 0 amide bonds. The first-order chi connectivity index (χ1) is 32.5. The monoisotopic (exact) mass is 842 g/mol. The van der Waals surface area contributed by atoms with E-state index >= 15 is 0 Å². The highest BCUT2D eigenvalue weighted by Crippen LogP contribution is 2.59. The van der Waals surface area contributed by atoms with Crippen molar-refractivity contribution in [3.63, 3.8) is 0 Å². The fraction of sp³-hybridized carbons (Fsp3) is 0.0625. The Morgan fingerprint density at radius 1 is 0.348 bits per heavy atom. The van der Waals surface area contributed by atoms with Gasteiger partial charge in [0.1, 0.15) is 0 Å². The van der Waals surface area contributed by atoms with Crippen LogP contribution >= 0.6 is 0 Å². The first-order valence-electron chi connectivity index (χ1n) is 23.1. The molecule has 0 saturated heterocycles. The topological polar surface area (TPSA) is 19.0 Å². The third-order valence-electron chi connectivity index (χ3n) is 14.7. The van der Waals surface area contributed by atoms with E-state index in [2.05, 4.69) is 260 Å². The Balaban J connectivity index is 0.981. The van der Waals surface area contributed by atoms with Gasteiger partial charge in [-0.25, -0.2) is 0 Å². The molecule has 0 radical (unpaired) electrons. The Morgan fingerprint density at radius 2 is 0.864 bits per heavy atom. The number of hydrogen-bond acceptors (Lipinski definition) is 1. The molecule has 1 N–H and O–H groups in total. The van der Waals surface area contributed by atoms with Crippen molar-refractivity contribution < 1.29 is 0 Å². The van der Waals surface area contributed by atoms with E-state index in [4.69, 9.17) is 0 Å². The van der Waals surface area contributed by atoms with E-state index in [0.29, 0.717) is 0 Å². The van der Waals surface area contributed by atoms with Gasteiger partial charge in [0.2, 0.25) is 0 Å². The van der Waals surface area contributed by atoms with Gasteiger partial charge in [0.15, 0.2) is 0 Å². The minimum Gasteiger partial charge on any atom is -0.355 e. The van der Waals surface area contributed by atoms with Crippen LogP contribution in [0.1, 0.15) is 47.2 Å². The molecule has 0 saturated carbocycles. The van der Waals surface area contributed by atoms with Crippen molar-refractivity contribution in [3.05, 3.63) is 270 Å². The normalized spacial score (nSPS) is 13.8. The molecule has 0 unspecified atom stereocenters. The fourth-order valence-electron chi connectivity index (χ4n) is 11.6. The molecule has 0 spiro atoms. The highest BCUT2D eigenvalue weighted by molar-refractivity contribution is 6.08. The van der Waals surface area contributed by atoms with Gasteiger partial charge in [0.25, 0.3) is 0 Å². The summed E-state index contributed by atoms with van der Waals surface area (Å²) in [6, 6.07) is 87.8. The molecule has 0 aliphatic heterocycles. The Hall–Kier alpha value is -8.20. The van der Waals surface area contributed by atoms with Crippen molar-refractivity contribution in [3.8, 4) is 44.5 Å². The number of para-hydroxylation sites is 1. The summed E-state index contributed by atoms with van der Waals surface area (Å²) in [5.41, 5.74) is 23.0. The second kappa shape index (κ2) is 14.7. The molecule has 10 aromatic carbocycles. The van der Waals surface area contributed by atoms with E-state index in [-0.39, 0.29) is 5.41 Å². The molecule has 2 nitrogen and oxygen atoms in total. The summed E-state index contributed by atoms with van der Waals surface area (Å²) in [7, 11) is 0. The number of aromatic amines is 1. The van der Waals surface area contributed by atoms with Gasteiger partial charge in [-0.1, -0.05) is 196 Å². The highest BCUT2D eigenvalue weighted by Gasteiger charge is 2.47. The van der Waals surface area contributed by atoms with Crippen LogP contribution in [0.3, 0.4) is 0 Å². The molecule has 66 heavy (non-hydrogen) atoms. The number of fused-ring (bicyclic) bond motifs is 9. The smallest absolute Gasteiger partial charge is 0.0714 e. The molecule has 2 heteroatoms. The minimum absolute atomic E-state index is 0.0648. The molecule has 2 aliphatic carbocycles. The van der Waals surface area contributed by atoms with E-state index in [1.807, 2.05) is 0 Å². The molecular weight excluding hydrogens is 797 g/mol. The summed E-state index contributed by atoms with van der Waals surface area (Å²) in [6.07, 6.45) is 0. The Morgan fingerprint density at radius 3 is 1.56 bits per heavy atom. The fourth-order valence-corrected chi connectivity index (χ4v) is 11.6. The molecule has 1 aromatic heterocycles. The van der Waals surface area contributed by atoms with Gasteiger partial charge in [0.05, 0.1) is 11.1 Å². The predicted molar refractivity (Wildman–Crippen MR) is 276 cm³/mol. The zero-order valence-electron chi connectivity index (χ0n) is 37.0. The molecule has 0 fully saturated rings. The number of hydrogen-bond donors (Lipinski definition) is 1. The molecule has 13 rings (SSSR count). The molecule has 11 aromatic rings. The minimum atomic E-state index is -0.508. The summed E-state index contributed by atoms with van der Waals surface area (Å²) in [5.74, 6) is 0. The van der Waals surface area contributed by atoms with Gasteiger partial charge >= 0.3 is 0 Å². The number of nitrogens with one attached hydrogen (secondary N) is 1. The lowest BCUT2D eigenvalue weighted by Gasteiger charge is -2.34. The van der Waals surface area contributed by atoms with Crippen LogP contribution in [0.4, 0.5) is 17.1 Å². The van der Waals surface area contributed by atoms with E-state index < -0.39 is 5.41 Å². The second-order valence-electron chi connectivity index (χ2n) is 18.5. The third kappa shape index (κ3) is 5.61. The lowest BCUT2D eigenvalue weighted by Crippen LogP contribution is -2.28. The maximum absolute atomic E-state index is 3.60. The molecular formula is C64H46N2. The van der Waals surface area contributed by atoms with Crippen LogP contribution < -0.4 is 4.90 Å². The summed E-state index contributed by atoms with van der Waals surface area (Å²) in [5, 5.41) is 2.48. The van der Waals surface area contributed by atoms with Crippen LogP contribution in [0.5, 0.6) is 0 Å². The van der Waals surface area contributed by atoms with Crippen molar-refractivity contribution in [2.75, 3.05) is 4.90 Å². The van der Waals surface area contributed by atoms with Gasteiger partial charge < -0.3 is 9.88 Å². The van der Waals surface area contributed by atoms with Gasteiger partial charge in [-0.15, -0.1) is 0 Å². The first kappa shape index (κ1) is 38.3. The Labute approximate surface area is 386 Å². The summed E-state index contributed by atoms with van der Waals surface area (Å²) >= 11 is 0. The van der Waals surface area contributed by atoms with Crippen LogP contribution in [-0.2, 0) is 10.8 Å². The van der Waals surface area contributed by atoms with E-state index in [1.165, 1.54) is 88.7 Å². The molecule has 312 valence electrons. The number of nitrogens with zero attached hydrogens (tertiary/aromatic N) is 1. The number of aromatic nitrogens is 1. The highest BCUT2D eigenvalue weighted by atomic mass is 15.1. The maximum Gasteiger partial charge on any atom is 0.0714 e. The number of rotatable bonds is 7. The van der Waals surface area contributed by atoms with Crippen LogP contribution in [0.2, 0.25) is 0 Å². The van der Waals surface area contributed by atoms with Crippen molar-refractivity contribution in [1.29, 1.82) is 0 Å². The zero-order valence-corrected chi connectivity index (χ0v) is 37.0. The van der Waals surface area contributed by atoms with Crippen molar-refractivity contribution >= 4 is 38.9 Å². The number of anilines is 3. The zero-order chi connectivity index (χ0) is 44.0. The van der Waals surface area contributed by atoms with Crippen molar-refractivity contribution in [2.45, 2.75) is 24.7 Å². The molecule has 2 aliphatic rings. The van der Waals surface area contributed by atoms with Crippen molar-refractivity contribution in [2.24, 2.45) is 0 Å². The van der Waals surface area contributed by atoms with Gasteiger partial charge in [-0.3, -0.25) is 0 Å². The molecule has 0 bridgehead atoms. The Bertz CT molecular complexity index is 3610. The van der Waals surface area contributed by atoms with Crippen LogP contribution in [-0.4, -0.2) is 4.98 Å². The first-order valence-corrected chi connectivity index (χ1v) is 23.1. The predicted octanol–water partition coefficient (Wildman–Crippen LogP) is 16.8. The standard InChI is InChI=1S/C64H46N2/c1-63(2)55-23-12-9-20-50(55)51-38-32-45(41-58(51)63)43-30-36-49(37-31-43)66(48-34-28-42(29-35-48)44-33-39-60-54(40-44)52-21-11-14-26-59(52)65-60)61-27-15-25-57-62(61)53-22-10-13-24-56(53)64(57,46-16-5-3-6-17-46)47-18-7-4-8-19-47/h3-41,65H,1-2H3. The van der Waals surface area contributed by atoms with E-state index in [0.717, 1.165) is 28.1 Å². The van der Waals surface area contributed by atoms with Crippen LogP contribution in [0, 0.1) is 0 Å². The second-order valence-corrected chi connectivity index (χ2v) is 18.5. The molecule has 0 atom stereocenters. The number of benzene rings is 10. The Kier molecular flexibility index (Phi) is 8.51. The number of H-pyrrole nitrogens is 1. The SMILES string of the molecule is CC1(C)c2ccccc2-c2ccc(-c3ccc(N(c4ccc(-c5ccc6[nH]c7ccccc7c6c5)cc4)c4cccc5c4-c4ccccc4C5(c4ccccc4)c4ccccc4)cc3)cc21. The third-order valence-corrected chi connectivity index (χ3v) is 14.7. The summed E-state index contributed by atoms with van der Waals surface area (Å²) in [6.45, 7) is 4.71. The lowest BCUT2D eigenvalue weighted by molar-refractivity contribution is 0.660. The van der Waals surface area contributed by atoms with Crippen LogP contribution in [0.25, 0.3) is 66.3 Å². The van der Waals surface area contributed by atoms with E-state index in [9.17, 15) is 0 Å². The van der Waals surface area contributed by atoms with Gasteiger partial charge in [-0.05, 0) is 127 Å². The average Bonchev–Trinajstić information content (AvgIpc) is 3.99. The lowest BCUT2D eigenvalue weighted by atomic mass is 9.68. The van der Waals surface area contributed by atoms with Gasteiger partial charge in [0, 0.05) is 44.2 Å². The van der Waals surface area contributed by atoms with E-state index in [1.54, 1.807) is 0 Å². The molecule has 1 heterocycles. The largest absolute Gasteiger partial charge is 0.355 e. The van der Waals surface area contributed by atoms with Gasteiger partial charge in [-0.2, -0.15) is 0 Å². The van der Waals surface area contributed by atoms with Crippen molar-refractivity contribution in [1.82, 2.24) is 4.98 Å². The average molecular weight is 843 g/mol. The quantitative estimate of drug-likeness (QED) is 0.169.